The summed E-state index contributed by atoms with van der Waals surface area (Å²) in [5, 5.41) is 24.3. The Bertz CT molecular complexity index is 1220. The van der Waals surface area contributed by atoms with Gasteiger partial charge in [0.2, 0.25) is 5.95 Å². The number of pyridine rings is 1. The molecule has 4 heterocycles. The first-order valence-electron chi connectivity index (χ1n) is 10.4. The van der Waals surface area contributed by atoms with Crippen molar-refractivity contribution in [3.63, 3.8) is 0 Å². The molecule has 3 N–H and O–H groups in total. The molecule has 0 unspecified atom stereocenters. The third-order valence-corrected chi connectivity index (χ3v) is 5.90. The zero-order valence-corrected chi connectivity index (χ0v) is 19.7. The Morgan fingerprint density at radius 3 is 2.72 bits per heavy atom. The monoisotopic (exact) mass is 452 g/mol. The first-order chi connectivity index (χ1) is 15.2. The van der Waals surface area contributed by atoms with Gasteiger partial charge in [-0.15, -0.1) is 11.3 Å². The van der Waals surface area contributed by atoms with Crippen molar-refractivity contribution in [2.24, 2.45) is 0 Å². The van der Waals surface area contributed by atoms with E-state index in [4.69, 9.17) is 4.98 Å². The van der Waals surface area contributed by atoms with Crippen LogP contribution in [0.2, 0.25) is 0 Å². The van der Waals surface area contributed by atoms with Crippen LogP contribution in [0.3, 0.4) is 0 Å². The molecule has 0 spiro atoms. The summed E-state index contributed by atoms with van der Waals surface area (Å²) in [6.45, 7) is 7.17. The highest BCUT2D eigenvalue weighted by Gasteiger charge is 2.19. The van der Waals surface area contributed by atoms with Crippen LogP contribution in [0.25, 0.3) is 10.2 Å². The number of fused-ring (bicyclic) bond motifs is 1. The summed E-state index contributed by atoms with van der Waals surface area (Å²) in [5.41, 5.74) is 1.47. The van der Waals surface area contributed by atoms with Gasteiger partial charge in [0.25, 0.3) is 0 Å². The van der Waals surface area contributed by atoms with Crippen LogP contribution in [0.15, 0.2) is 36.0 Å². The topological polar surface area (TPSA) is 104 Å². The number of anilines is 4. The van der Waals surface area contributed by atoms with Crippen molar-refractivity contribution >= 4 is 44.8 Å². The van der Waals surface area contributed by atoms with E-state index in [0.29, 0.717) is 23.3 Å². The van der Waals surface area contributed by atoms with Crippen LogP contribution in [-0.2, 0) is 12.1 Å². The summed E-state index contributed by atoms with van der Waals surface area (Å²) in [6, 6.07) is 5.52. The summed E-state index contributed by atoms with van der Waals surface area (Å²) >= 11 is 1.57. The van der Waals surface area contributed by atoms with Crippen LogP contribution in [0.4, 0.5) is 23.3 Å². The van der Waals surface area contributed by atoms with Gasteiger partial charge in [-0.05, 0) is 57.9 Å². The van der Waals surface area contributed by atoms with E-state index < -0.39 is 5.60 Å². The fraction of sp³-hybridized carbons (Fsp3) is 0.364. The second kappa shape index (κ2) is 8.81. The number of likely N-dealkylation sites (N-methyl/N-ethyl adjacent to an activating group) is 1. The summed E-state index contributed by atoms with van der Waals surface area (Å²) < 4.78 is 1.89. The summed E-state index contributed by atoms with van der Waals surface area (Å²) in [4.78, 5) is 17.0. The number of nitrogens with one attached hydrogen (secondary N) is 2. The molecular formula is C22H28N8OS. The van der Waals surface area contributed by atoms with E-state index in [-0.39, 0.29) is 0 Å². The lowest BCUT2D eigenvalue weighted by atomic mass is 10.1. The summed E-state index contributed by atoms with van der Waals surface area (Å²) in [6.07, 6.45) is 3.71. The molecule has 32 heavy (non-hydrogen) atoms. The Kier molecular flexibility index (Phi) is 6.09. The fourth-order valence-corrected chi connectivity index (χ4v) is 4.10. The maximum absolute atomic E-state index is 10.3. The molecule has 0 bridgehead atoms. The van der Waals surface area contributed by atoms with E-state index in [1.807, 2.05) is 44.0 Å². The van der Waals surface area contributed by atoms with Crippen molar-refractivity contribution in [2.75, 3.05) is 31.3 Å². The normalized spacial score (nSPS) is 12.0. The van der Waals surface area contributed by atoms with Crippen molar-refractivity contribution in [3.8, 4) is 0 Å². The first-order valence-corrected chi connectivity index (χ1v) is 11.2. The highest BCUT2D eigenvalue weighted by molar-refractivity contribution is 7.17. The molecule has 4 aromatic heterocycles. The number of aryl methyl sites for hydroxylation is 1. The molecule has 0 saturated heterocycles. The van der Waals surface area contributed by atoms with E-state index >= 15 is 0 Å². The zero-order chi connectivity index (χ0) is 22.9. The molecule has 168 valence electrons. The Balaban J connectivity index is 1.63. The minimum Gasteiger partial charge on any atom is -0.384 e. The van der Waals surface area contributed by atoms with Crippen LogP contribution in [0, 0.1) is 6.92 Å². The second-order valence-corrected chi connectivity index (χ2v) is 9.37. The standard InChI is InChI=1S/C22H28N8OS/c1-14-13-32-20-18(14)19(26-17-8-6-7-16(25-17)22(2,3)31)27-21(28-20)24-15-11-23-30(12-15)10-9-29(4)5/h6-8,11-13,31H,9-10H2,1-5H3,(H2,24,25,26,27,28). The Hall–Kier alpha value is -3.08. The van der Waals surface area contributed by atoms with Gasteiger partial charge in [-0.3, -0.25) is 4.68 Å². The van der Waals surface area contributed by atoms with Gasteiger partial charge < -0.3 is 20.6 Å². The maximum Gasteiger partial charge on any atom is 0.230 e. The number of aliphatic hydroxyl groups is 1. The Labute approximate surface area is 191 Å². The minimum atomic E-state index is -1.03. The van der Waals surface area contributed by atoms with E-state index in [9.17, 15) is 5.11 Å². The van der Waals surface area contributed by atoms with Crippen LogP contribution in [0.1, 0.15) is 25.1 Å². The number of hydrogen-bond acceptors (Lipinski definition) is 9. The van der Waals surface area contributed by atoms with Crippen LogP contribution in [-0.4, -0.2) is 55.4 Å². The number of hydrogen-bond donors (Lipinski definition) is 3. The predicted octanol–water partition coefficient (Wildman–Crippen LogP) is 3.87. The van der Waals surface area contributed by atoms with Crippen molar-refractivity contribution < 1.29 is 5.11 Å². The lowest BCUT2D eigenvalue weighted by molar-refractivity contribution is 0.0740. The summed E-state index contributed by atoms with van der Waals surface area (Å²) in [5.74, 6) is 1.75. The lowest BCUT2D eigenvalue weighted by Crippen LogP contribution is -2.18. The van der Waals surface area contributed by atoms with Crippen molar-refractivity contribution in [1.82, 2.24) is 29.6 Å². The molecule has 0 radical (unpaired) electrons. The van der Waals surface area contributed by atoms with E-state index in [1.54, 1.807) is 37.4 Å². The van der Waals surface area contributed by atoms with Gasteiger partial charge in [0.05, 0.1) is 29.5 Å². The molecule has 0 saturated carbocycles. The van der Waals surface area contributed by atoms with Crippen molar-refractivity contribution in [1.29, 1.82) is 0 Å². The number of aromatic nitrogens is 5. The third kappa shape index (κ3) is 5.04. The molecule has 0 fully saturated rings. The predicted molar refractivity (Wildman–Crippen MR) is 129 cm³/mol. The van der Waals surface area contributed by atoms with Gasteiger partial charge in [-0.2, -0.15) is 10.1 Å². The largest absolute Gasteiger partial charge is 0.384 e. The second-order valence-electron chi connectivity index (χ2n) is 8.51. The van der Waals surface area contributed by atoms with Crippen LogP contribution >= 0.6 is 11.3 Å². The average Bonchev–Trinajstić information content (AvgIpc) is 3.32. The van der Waals surface area contributed by atoms with Crippen molar-refractivity contribution in [3.05, 3.63) is 47.2 Å². The first kappa shape index (κ1) is 22.1. The molecule has 4 rings (SSSR count). The smallest absolute Gasteiger partial charge is 0.230 e. The van der Waals surface area contributed by atoms with E-state index in [2.05, 4.69) is 36.0 Å². The van der Waals surface area contributed by atoms with E-state index in [0.717, 1.165) is 34.6 Å². The zero-order valence-electron chi connectivity index (χ0n) is 18.9. The van der Waals surface area contributed by atoms with Gasteiger partial charge in [0, 0.05) is 12.7 Å². The number of nitrogens with zero attached hydrogens (tertiary/aromatic N) is 6. The molecule has 4 aromatic rings. The van der Waals surface area contributed by atoms with Crippen LogP contribution in [0.5, 0.6) is 0 Å². The molecule has 0 aliphatic heterocycles. The molecule has 0 aliphatic carbocycles. The SMILES string of the molecule is Cc1csc2nc(Nc3cnn(CCN(C)C)c3)nc(Nc3cccc(C(C)(C)O)n3)c12. The molecular weight excluding hydrogens is 424 g/mol. The molecule has 9 nitrogen and oxygen atoms in total. The van der Waals surface area contributed by atoms with Crippen LogP contribution < -0.4 is 10.6 Å². The quantitative estimate of drug-likeness (QED) is 0.370. The molecule has 0 aromatic carbocycles. The molecule has 0 aliphatic rings. The highest BCUT2D eigenvalue weighted by atomic mass is 32.1. The Morgan fingerprint density at radius 1 is 1.16 bits per heavy atom. The van der Waals surface area contributed by atoms with Gasteiger partial charge in [0.1, 0.15) is 22.1 Å². The van der Waals surface area contributed by atoms with Gasteiger partial charge in [-0.25, -0.2) is 9.97 Å². The van der Waals surface area contributed by atoms with Gasteiger partial charge in [-0.1, -0.05) is 6.07 Å². The van der Waals surface area contributed by atoms with Crippen molar-refractivity contribution in [2.45, 2.75) is 32.9 Å². The maximum atomic E-state index is 10.3. The Morgan fingerprint density at radius 2 is 1.97 bits per heavy atom. The molecule has 10 heteroatoms. The molecule has 0 amide bonds. The average molecular weight is 453 g/mol. The van der Waals surface area contributed by atoms with Gasteiger partial charge in [0.15, 0.2) is 0 Å². The number of rotatable bonds is 8. The van der Waals surface area contributed by atoms with E-state index in [1.165, 1.54) is 0 Å². The fourth-order valence-electron chi connectivity index (χ4n) is 3.18. The lowest BCUT2D eigenvalue weighted by Gasteiger charge is -2.17. The third-order valence-electron chi connectivity index (χ3n) is 4.91. The highest BCUT2D eigenvalue weighted by Crippen LogP contribution is 2.33. The minimum absolute atomic E-state index is 0.479. The van der Waals surface area contributed by atoms with Gasteiger partial charge >= 0.3 is 0 Å². The molecule has 0 atom stereocenters. The summed E-state index contributed by atoms with van der Waals surface area (Å²) in [7, 11) is 4.07. The number of thiophene rings is 1.